The Morgan fingerprint density at radius 1 is 1.55 bits per heavy atom. The van der Waals surface area contributed by atoms with Crippen LogP contribution in [0.1, 0.15) is 20.3 Å². The zero-order valence-electron chi connectivity index (χ0n) is 7.07. The molecule has 0 aliphatic carbocycles. The largest absolute Gasteiger partial charge is 0.327 e. The Morgan fingerprint density at radius 3 is 2.27 bits per heavy atom. The van der Waals surface area contributed by atoms with Gasteiger partial charge in [0, 0.05) is 0 Å². The summed E-state index contributed by atoms with van der Waals surface area (Å²) in [5.41, 5.74) is 0. The van der Waals surface area contributed by atoms with E-state index in [4.69, 9.17) is 5.26 Å². The van der Waals surface area contributed by atoms with E-state index in [1.807, 2.05) is 19.9 Å². The molecule has 0 aromatic heterocycles. The molecule has 5 heteroatoms. The van der Waals surface area contributed by atoms with Gasteiger partial charge in [0.25, 0.3) is 0 Å². The lowest BCUT2D eigenvalue weighted by Gasteiger charge is -1.79. The average molecular weight is 195 g/mol. The topological polar surface area (TPSA) is 50.1 Å². The standard InChI is InChI=1S/C3H4NO2P.C2H6.CH4S/c4-2-1-3-6-7-5;2*1-2/h1,3H2;1-2H3;2H,1H3. The summed E-state index contributed by atoms with van der Waals surface area (Å²) in [6.07, 6.45) is 2.00. The van der Waals surface area contributed by atoms with E-state index in [0.717, 1.165) is 0 Å². The fourth-order valence-electron chi connectivity index (χ4n) is 0.129. The van der Waals surface area contributed by atoms with Gasteiger partial charge >= 0.3 is 8.69 Å². The highest BCUT2D eigenvalue weighted by atomic mass is 32.1. The molecule has 0 aliphatic heterocycles. The highest BCUT2D eigenvalue weighted by molar-refractivity contribution is 7.79. The molecule has 3 nitrogen and oxygen atoms in total. The van der Waals surface area contributed by atoms with Gasteiger partial charge in [0.15, 0.2) is 0 Å². The molecule has 0 aromatic carbocycles. The van der Waals surface area contributed by atoms with Crippen LogP contribution in [-0.4, -0.2) is 12.9 Å². The maximum absolute atomic E-state index is 9.45. The normalized spacial score (nSPS) is 6.45. The molecule has 0 saturated carbocycles. The zero-order chi connectivity index (χ0) is 9.54. The third kappa shape index (κ3) is 40.6. The van der Waals surface area contributed by atoms with Gasteiger partial charge in [0.2, 0.25) is 0 Å². The Bertz CT molecular complexity index is 95.1. The molecule has 0 radical (unpaired) electrons. The van der Waals surface area contributed by atoms with Crippen molar-refractivity contribution in [2.75, 3.05) is 12.9 Å². The second kappa shape index (κ2) is 32.7. The van der Waals surface area contributed by atoms with Crippen molar-refractivity contribution in [3.05, 3.63) is 0 Å². The minimum atomic E-state index is -0.347. The van der Waals surface area contributed by atoms with Crippen molar-refractivity contribution in [3.8, 4) is 6.07 Å². The zero-order valence-corrected chi connectivity index (χ0v) is 8.86. The van der Waals surface area contributed by atoms with E-state index >= 15 is 0 Å². The molecule has 0 saturated heterocycles. The molecule has 0 atom stereocenters. The molecule has 0 N–H and O–H groups in total. The number of thiol groups is 1. The molecule has 11 heavy (non-hydrogen) atoms. The third-order valence-electron chi connectivity index (χ3n) is 0.358. The molecule has 0 bridgehead atoms. The summed E-state index contributed by atoms with van der Waals surface area (Å²) < 4.78 is 13.7. The average Bonchev–Trinajstić information content (AvgIpc) is 2.13. The predicted molar refractivity (Wildman–Crippen MR) is 50.0 cm³/mol. The van der Waals surface area contributed by atoms with Gasteiger partial charge < -0.3 is 0 Å². The van der Waals surface area contributed by atoms with Crippen molar-refractivity contribution >= 4 is 21.3 Å². The summed E-state index contributed by atoms with van der Waals surface area (Å²) in [5.74, 6) is 0. The molecular weight excluding hydrogens is 181 g/mol. The Morgan fingerprint density at radius 2 is 2.00 bits per heavy atom. The van der Waals surface area contributed by atoms with E-state index in [9.17, 15) is 4.57 Å². The minimum absolute atomic E-state index is 0.252. The molecular formula is C6H14NO2PS. The number of hydrogen-bond acceptors (Lipinski definition) is 4. The van der Waals surface area contributed by atoms with Crippen LogP contribution in [0.25, 0.3) is 0 Å². The van der Waals surface area contributed by atoms with Gasteiger partial charge in [-0.25, -0.2) is 4.57 Å². The van der Waals surface area contributed by atoms with Crippen LogP contribution in [0.15, 0.2) is 0 Å². The highest BCUT2D eigenvalue weighted by Gasteiger charge is 1.79. The monoisotopic (exact) mass is 195 g/mol. The summed E-state index contributed by atoms with van der Waals surface area (Å²) in [7, 11) is -0.347. The second-order valence-corrected chi connectivity index (χ2v) is 1.22. The molecule has 0 unspecified atom stereocenters. The first-order chi connectivity index (χ1) is 5.41. The van der Waals surface area contributed by atoms with Crippen molar-refractivity contribution < 1.29 is 9.09 Å². The van der Waals surface area contributed by atoms with Crippen molar-refractivity contribution in [2.24, 2.45) is 0 Å². The molecule has 0 aromatic rings. The highest BCUT2D eigenvalue weighted by Crippen LogP contribution is 1.93. The SMILES string of the molecule is CC.CS.N#CCCOP=O. The van der Waals surface area contributed by atoms with Crippen molar-refractivity contribution in [1.82, 2.24) is 0 Å². The summed E-state index contributed by atoms with van der Waals surface area (Å²) in [4.78, 5) is 0. The van der Waals surface area contributed by atoms with Crippen LogP contribution in [-0.2, 0) is 9.09 Å². The summed E-state index contributed by atoms with van der Waals surface area (Å²) >= 11 is 3.53. The van der Waals surface area contributed by atoms with Gasteiger partial charge in [-0.15, -0.1) is 0 Å². The quantitative estimate of drug-likeness (QED) is 0.428. The Labute approximate surface area is 75.4 Å². The molecule has 0 amide bonds. The minimum Gasteiger partial charge on any atom is -0.293 e. The van der Waals surface area contributed by atoms with Crippen molar-refractivity contribution in [1.29, 1.82) is 5.26 Å². The molecule has 0 fully saturated rings. The maximum atomic E-state index is 9.45. The maximum Gasteiger partial charge on any atom is 0.327 e. The first-order valence-corrected chi connectivity index (χ1v) is 4.80. The van der Waals surface area contributed by atoms with Crippen molar-refractivity contribution in [2.45, 2.75) is 20.3 Å². The van der Waals surface area contributed by atoms with E-state index < -0.39 is 0 Å². The van der Waals surface area contributed by atoms with E-state index in [0.29, 0.717) is 6.42 Å². The van der Waals surface area contributed by atoms with Crippen LogP contribution in [0.2, 0.25) is 0 Å². The van der Waals surface area contributed by atoms with Gasteiger partial charge in [-0.2, -0.15) is 17.9 Å². The summed E-state index contributed by atoms with van der Waals surface area (Å²) in [6.45, 7) is 4.25. The lowest BCUT2D eigenvalue weighted by atomic mass is 10.5. The number of nitrogens with zero attached hydrogens (tertiary/aromatic N) is 1. The van der Waals surface area contributed by atoms with Crippen molar-refractivity contribution in [3.63, 3.8) is 0 Å². The van der Waals surface area contributed by atoms with E-state index in [-0.39, 0.29) is 15.3 Å². The van der Waals surface area contributed by atoms with Crippen LogP contribution in [0.4, 0.5) is 0 Å². The smallest absolute Gasteiger partial charge is 0.293 e. The molecule has 66 valence electrons. The first-order valence-electron chi connectivity index (χ1n) is 3.18. The predicted octanol–water partition coefficient (Wildman–Crippen LogP) is 2.70. The lowest BCUT2D eigenvalue weighted by molar-refractivity contribution is 0.352. The van der Waals surface area contributed by atoms with Crippen LogP contribution in [0.5, 0.6) is 0 Å². The number of nitriles is 1. The van der Waals surface area contributed by atoms with Gasteiger partial charge in [-0.3, -0.25) is 4.52 Å². The lowest BCUT2D eigenvalue weighted by Crippen LogP contribution is -1.77. The Kier molecular flexibility index (Phi) is 50.8. The second-order valence-electron chi connectivity index (χ2n) is 0.816. The Hall–Kier alpha value is -0.100. The van der Waals surface area contributed by atoms with Crippen LogP contribution >= 0.6 is 21.3 Å². The first kappa shape index (κ1) is 17.1. The van der Waals surface area contributed by atoms with Crippen LogP contribution in [0.3, 0.4) is 0 Å². The summed E-state index contributed by atoms with van der Waals surface area (Å²) in [6, 6.07) is 1.83. The molecule has 0 rings (SSSR count). The molecule has 0 aliphatic rings. The van der Waals surface area contributed by atoms with Gasteiger partial charge in [0.1, 0.15) is 0 Å². The van der Waals surface area contributed by atoms with E-state index in [1.54, 1.807) is 6.26 Å². The number of hydrogen-bond donors (Lipinski definition) is 1. The Balaban J connectivity index is -0.000000138. The van der Waals surface area contributed by atoms with E-state index in [2.05, 4.69) is 17.2 Å². The van der Waals surface area contributed by atoms with Gasteiger partial charge in [-0.1, -0.05) is 13.8 Å². The van der Waals surface area contributed by atoms with Gasteiger partial charge in [-0.05, 0) is 6.26 Å². The molecule has 0 heterocycles. The number of rotatable bonds is 3. The fraction of sp³-hybridized carbons (Fsp3) is 0.833. The van der Waals surface area contributed by atoms with Crippen LogP contribution < -0.4 is 0 Å². The van der Waals surface area contributed by atoms with E-state index in [1.165, 1.54) is 0 Å². The van der Waals surface area contributed by atoms with Crippen LogP contribution in [0, 0.1) is 11.3 Å². The fourth-order valence-corrected chi connectivity index (χ4v) is 0.294. The summed E-state index contributed by atoms with van der Waals surface area (Å²) in [5, 5.41) is 7.86. The van der Waals surface area contributed by atoms with Gasteiger partial charge in [0.05, 0.1) is 19.1 Å². The molecule has 0 spiro atoms. The third-order valence-corrected chi connectivity index (χ3v) is 0.646.